The van der Waals surface area contributed by atoms with Crippen molar-refractivity contribution in [1.29, 1.82) is 0 Å². The van der Waals surface area contributed by atoms with Gasteiger partial charge in [-0.25, -0.2) is 13.2 Å². The summed E-state index contributed by atoms with van der Waals surface area (Å²) in [7, 11) is 0. The van der Waals surface area contributed by atoms with Crippen LogP contribution in [0.5, 0.6) is 5.75 Å². The third-order valence-electron chi connectivity index (χ3n) is 5.45. The quantitative estimate of drug-likeness (QED) is 0.195. The second kappa shape index (κ2) is 9.37. The first-order valence-corrected chi connectivity index (χ1v) is 11.1. The zero-order valence-corrected chi connectivity index (χ0v) is 19.4. The van der Waals surface area contributed by atoms with E-state index in [0.717, 1.165) is 11.8 Å². The summed E-state index contributed by atoms with van der Waals surface area (Å²) in [6.07, 6.45) is -1.32. The number of likely N-dealkylation sites (tertiary alicyclic amines) is 1. The molecule has 0 aliphatic carbocycles. The lowest BCUT2D eigenvalue weighted by molar-refractivity contribution is -0.155. The van der Waals surface area contributed by atoms with Crippen LogP contribution in [-0.2, 0) is 0 Å². The molecular formula is C23H22F3IN3O3+. The fraction of sp³-hybridized carbons (Fsp3) is 0.217. The number of anilines is 3. The average Bonchev–Trinajstić information content (AvgIpc) is 2.76. The monoisotopic (exact) mass is 572 g/mol. The highest BCUT2D eigenvalue weighted by molar-refractivity contribution is 14.1. The Bertz CT molecular complexity index is 1160. The topological polar surface area (TPSA) is 90.7 Å². The fourth-order valence-electron chi connectivity index (χ4n) is 3.70. The molecule has 1 aliphatic rings. The number of nitrogens with one attached hydrogen (secondary N) is 2. The van der Waals surface area contributed by atoms with Gasteiger partial charge in [-0.05, 0) is 77.2 Å². The second-order valence-electron chi connectivity index (χ2n) is 8.03. The predicted octanol–water partition coefficient (Wildman–Crippen LogP) is 4.04. The van der Waals surface area contributed by atoms with Crippen LogP contribution in [-0.4, -0.2) is 45.5 Å². The van der Waals surface area contributed by atoms with Gasteiger partial charge in [-0.3, -0.25) is 4.90 Å². The van der Waals surface area contributed by atoms with Crippen molar-refractivity contribution in [2.45, 2.75) is 11.8 Å². The molecule has 1 saturated heterocycles. The van der Waals surface area contributed by atoms with Crippen molar-refractivity contribution in [3.05, 3.63) is 81.2 Å². The van der Waals surface area contributed by atoms with Crippen molar-refractivity contribution in [2.24, 2.45) is 0 Å². The van der Waals surface area contributed by atoms with Gasteiger partial charge >= 0.3 is 0 Å². The van der Waals surface area contributed by atoms with Gasteiger partial charge in [0.1, 0.15) is 17.8 Å². The van der Waals surface area contributed by atoms with Crippen molar-refractivity contribution >= 4 is 39.7 Å². The minimum absolute atomic E-state index is 0.0420. The Hall–Kier alpha value is -2.54. The first-order chi connectivity index (χ1) is 15.6. The van der Waals surface area contributed by atoms with E-state index < -0.39 is 29.3 Å². The van der Waals surface area contributed by atoms with E-state index in [4.69, 9.17) is 5.11 Å². The molecule has 1 unspecified atom stereocenters. The number of aliphatic hydroxyl groups is 1. The van der Waals surface area contributed by atoms with Crippen LogP contribution >= 0.6 is 22.6 Å². The number of hydrogen-bond acceptors (Lipinski definition) is 5. The first-order valence-electron chi connectivity index (χ1n) is 10.1. The van der Waals surface area contributed by atoms with Gasteiger partial charge in [-0.15, -0.1) is 0 Å². The summed E-state index contributed by atoms with van der Waals surface area (Å²) in [6, 6.07) is 12.9. The maximum Gasteiger partial charge on any atom is 0.206 e. The molecule has 6 N–H and O–H groups in total. The Kier molecular flexibility index (Phi) is 6.71. The summed E-state index contributed by atoms with van der Waals surface area (Å²) in [6.45, 7) is 0.642. The highest BCUT2D eigenvalue weighted by Crippen LogP contribution is 2.37. The summed E-state index contributed by atoms with van der Waals surface area (Å²) < 4.78 is 43.5. The van der Waals surface area contributed by atoms with Gasteiger partial charge in [0, 0.05) is 14.8 Å². The van der Waals surface area contributed by atoms with Crippen molar-refractivity contribution < 1.29 is 28.5 Å². The highest BCUT2D eigenvalue weighted by Gasteiger charge is 2.49. The summed E-state index contributed by atoms with van der Waals surface area (Å²) >= 11 is 1.94. The maximum absolute atomic E-state index is 14.6. The molecule has 6 nitrogen and oxygen atoms in total. The Labute approximate surface area is 201 Å². The van der Waals surface area contributed by atoms with Crippen LogP contribution in [0, 0.1) is 21.0 Å². The van der Waals surface area contributed by atoms with Crippen LogP contribution < -0.4 is 10.6 Å². The van der Waals surface area contributed by atoms with Crippen molar-refractivity contribution in [3.8, 4) is 5.75 Å². The van der Waals surface area contributed by atoms with Crippen LogP contribution in [0.4, 0.5) is 30.2 Å². The number of hydrogen-bond donors (Lipinski definition) is 4. The Morgan fingerprint density at radius 1 is 1.03 bits per heavy atom. The van der Waals surface area contributed by atoms with E-state index in [0.29, 0.717) is 3.57 Å². The van der Waals surface area contributed by atoms with E-state index in [1.807, 2.05) is 22.6 Å². The maximum atomic E-state index is 14.6. The van der Waals surface area contributed by atoms with Crippen LogP contribution in [0.25, 0.3) is 0 Å². The molecule has 0 amide bonds. The summed E-state index contributed by atoms with van der Waals surface area (Å²) in [4.78, 5) is 1.55. The van der Waals surface area contributed by atoms with Gasteiger partial charge in [-0.1, -0.05) is 0 Å². The number of aliphatic hydroxyl groups excluding tert-OH is 1. The van der Waals surface area contributed by atoms with E-state index in [-0.39, 0.29) is 42.3 Å². The molecule has 33 heavy (non-hydrogen) atoms. The first kappa shape index (κ1) is 23.6. The standard InChI is InChI=1S/C23H21F3IN3O3/c24-17-7-6-16(21(20(17)26)29-19-8-1-13(27)9-18(19)25)22(32)30-11-23(33,12-30)10-28-14-2-4-15(31)5-3-14/h1-9,22,28-29,31-33H,10-12H2/p+1. The molecule has 0 spiro atoms. The molecule has 0 aromatic heterocycles. The summed E-state index contributed by atoms with van der Waals surface area (Å²) in [5.41, 5.74) is -0.532. The van der Waals surface area contributed by atoms with E-state index in [1.54, 1.807) is 23.1 Å². The molecule has 0 saturated carbocycles. The highest BCUT2D eigenvalue weighted by atomic mass is 127. The molecule has 4 rings (SSSR count). The lowest BCUT2D eigenvalue weighted by Crippen LogP contribution is -2.65. The van der Waals surface area contributed by atoms with Crippen molar-refractivity contribution in [2.75, 3.05) is 30.3 Å². The minimum Gasteiger partial charge on any atom is -0.508 e. The third kappa shape index (κ3) is 5.18. The van der Waals surface area contributed by atoms with Crippen LogP contribution in [0.2, 0.25) is 0 Å². The van der Waals surface area contributed by atoms with Gasteiger partial charge in [0.25, 0.3) is 0 Å². The van der Waals surface area contributed by atoms with Crippen LogP contribution in [0.1, 0.15) is 11.8 Å². The smallest absolute Gasteiger partial charge is 0.206 e. The van der Waals surface area contributed by atoms with Gasteiger partial charge in [-0.2, -0.15) is 0 Å². The number of nitrogens with zero attached hydrogens (tertiary/aromatic N) is 1. The minimum atomic E-state index is -1.32. The van der Waals surface area contributed by atoms with E-state index >= 15 is 0 Å². The number of phenolic OH excluding ortho intramolecular Hbond substituents is 1. The van der Waals surface area contributed by atoms with Gasteiger partial charge in [0.15, 0.2) is 11.6 Å². The number of rotatable bonds is 7. The molecule has 0 radical (unpaired) electrons. The van der Waals surface area contributed by atoms with Crippen molar-refractivity contribution in [1.82, 2.24) is 4.90 Å². The molecule has 3 aromatic rings. The molecule has 1 aliphatic heterocycles. The SMILES string of the molecule is Oc1ccc(NCC2([OH2+])CN(C(O)c3ccc(F)c(F)c3Nc3ccc(I)cc3F)C2)cc1. The Morgan fingerprint density at radius 2 is 1.73 bits per heavy atom. The molecule has 1 atom stereocenters. The molecular weight excluding hydrogens is 550 g/mol. The summed E-state index contributed by atoms with van der Waals surface area (Å²) in [5.74, 6) is -2.85. The lowest BCUT2D eigenvalue weighted by Gasteiger charge is -2.45. The molecule has 174 valence electrons. The number of halogens is 4. The van der Waals surface area contributed by atoms with E-state index in [2.05, 4.69) is 10.6 Å². The van der Waals surface area contributed by atoms with Gasteiger partial charge in [0.05, 0.1) is 31.0 Å². The van der Waals surface area contributed by atoms with Crippen LogP contribution in [0.3, 0.4) is 0 Å². The van der Waals surface area contributed by atoms with Crippen molar-refractivity contribution in [3.63, 3.8) is 0 Å². The lowest BCUT2D eigenvalue weighted by atomic mass is 9.92. The molecule has 10 heteroatoms. The second-order valence-corrected chi connectivity index (χ2v) is 9.28. The van der Waals surface area contributed by atoms with Gasteiger partial charge in [0.2, 0.25) is 5.60 Å². The Balaban J connectivity index is 1.47. The van der Waals surface area contributed by atoms with E-state index in [1.165, 1.54) is 30.3 Å². The largest absolute Gasteiger partial charge is 0.508 e. The van der Waals surface area contributed by atoms with Crippen LogP contribution in [0.15, 0.2) is 54.6 Å². The molecule has 1 heterocycles. The molecule has 1 fully saturated rings. The van der Waals surface area contributed by atoms with Gasteiger partial charge < -0.3 is 26.0 Å². The third-order valence-corrected chi connectivity index (χ3v) is 6.12. The normalized spacial score (nSPS) is 16.2. The Morgan fingerprint density at radius 3 is 2.39 bits per heavy atom. The molecule has 0 bridgehead atoms. The van der Waals surface area contributed by atoms with E-state index in [9.17, 15) is 23.4 Å². The number of phenols is 1. The zero-order valence-electron chi connectivity index (χ0n) is 17.2. The summed E-state index contributed by atoms with van der Waals surface area (Å²) in [5, 5.41) is 34.4. The number of aromatic hydroxyl groups is 1. The predicted molar refractivity (Wildman–Crippen MR) is 128 cm³/mol. The zero-order chi connectivity index (χ0) is 23.8. The average molecular weight is 572 g/mol. The fourth-order valence-corrected chi connectivity index (χ4v) is 4.15. The molecule has 3 aromatic carbocycles. The number of benzene rings is 3.